The summed E-state index contributed by atoms with van der Waals surface area (Å²) in [6, 6.07) is 0. The summed E-state index contributed by atoms with van der Waals surface area (Å²) in [6.07, 6.45) is 0.0816. The number of ether oxygens (including phenoxy) is 1. The molecule has 3 N–H and O–H groups in total. The lowest BCUT2D eigenvalue weighted by Gasteiger charge is -2.31. The normalized spacial score (nSPS) is 21.9. The molecule has 1 unspecified atom stereocenters. The molecule has 90 valence electrons. The Hall–Kier alpha value is -0.360. The van der Waals surface area contributed by atoms with Gasteiger partial charge in [0.25, 0.3) is 0 Å². The number of halogens is 1. The molecule has 0 aromatic carbocycles. The second-order valence-electron chi connectivity index (χ2n) is 3.42. The number of carbonyl (C=O) groups excluding carboxylic acids is 1. The van der Waals surface area contributed by atoms with Gasteiger partial charge in [-0.3, -0.25) is 9.69 Å². The molecule has 15 heavy (non-hydrogen) atoms. The first-order chi connectivity index (χ1) is 6.76. The molecule has 1 atom stereocenters. The fourth-order valence-corrected chi connectivity index (χ4v) is 1.52. The Morgan fingerprint density at radius 1 is 1.67 bits per heavy atom. The Labute approximate surface area is 96.7 Å². The largest absolute Gasteiger partial charge is 0.374 e. The fourth-order valence-electron chi connectivity index (χ4n) is 1.52. The van der Waals surface area contributed by atoms with E-state index in [2.05, 4.69) is 10.2 Å². The van der Waals surface area contributed by atoms with Gasteiger partial charge in [-0.05, 0) is 6.92 Å². The second kappa shape index (κ2) is 7.87. The van der Waals surface area contributed by atoms with Crippen LogP contribution in [0.15, 0.2) is 0 Å². The van der Waals surface area contributed by atoms with Crippen molar-refractivity contribution < 1.29 is 9.53 Å². The Morgan fingerprint density at radius 2 is 2.40 bits per heavy atom. The fraction of sp³-hybridized carbons (Fsp3) is 0.889. The minimum Gasteiger partial charge on any atom is -0.374 e. The van der Waals surface area contributed by atoms with Gasteiger partial charge in [-0.2, -0.15) is 0 Å². The summed E-state index contributed by atoms with van der Waals surface area (Å²) in [5.74, 6) is 0.0742. The molecule has 1 aliphatic rings. The lowest BCUT2D eigenvalue weighted by atomic mass is 10.2. The smallest absolute Gasteiger partial charge is 0.234 e. The molecule has 1 amide bonds. The molecule has 1 heterocycles. The zero-order chi connectivity index (χ0) is 10.4. The van der Waals surface area contributed by atoms with E-state index in [-0.39, 0.29) is 24.4 Å². The number of carbonyl (C=O) groups is 1. The lowest BCUT2D eigenvalue weighted by molar-refractivity contribution is -0.124. The summed E-state index contributed by atoms with van der Waals surface area (Å²) in [6.45, 7) is 5.81. The third-order valence-corrected chi connectivity index (χ3v) is 2.23. The van der Waals surface area contributed by atoms with Crippen LogP contribution in [0.4, 0.5) is 0 Å². The van der Waals surface area contributed by atoms with E-state index in [0.717, 1.165) is 13.1 Å². The van der Waals surface area contributed by atoms with Crippen molar-refractivity contribution in [2.24, 2.45) is 5.73 Å². The number of nitrogens with two attached hydrogens (primary N) is 1. The molecule has 0 saturated carbocycles. The Morgan fingerprint density at radius 3 is 3.00 bits per heavy atom. The summed E-state index contributed by atoms with van der Waals surface area (Å²) in [5, 5.41) is 2.77. The summed E-state index contributed by atoms with van der Waals surface area (Å²) >= 11 is 0. The van der Waals surface area contributed by atoms with E-state index in [1.54, 1.807) is 0 Å². The van der Waals surface area contributed by atoms with Crippen molar-refractivity contribution >= 4 is 18.3 Å². The van der Waals surface area contributed by atoms with Gasteiger partial charge in [0.05, 0.1) is 19.3 Å². The maximum absolute atomic E-state index is 11.3. The Kier molecular flexibility index (Phi) is 7.68. The van der Waals surface area contributed by atoms with Crippen molar-refractivity contribution in [3.8, 4) is 0 Å². The zero-order valence-electron chi connectivity index (χ0n) is 9.07. The van der Waals surface area contributed by atoms with Gasteiger partial charge in [0.15, 0.2) is 0 Å². The summed E-state index contributed by atoms with van der Waals surface area (Å²) in [5.41, 5.74) is 5.50. The van der Waals surface area contributed by atoms with Crippen molar-refractivity contribution in [3.63, 3.8) is 0 Å². The minimum absolute atomic E-state index is 0. The van der Waals surface area contributed by atoms with Crippen molar-refractivity contribution in [1.82, 2.24) is 10.2 Å². The van der Waals surface area contributed by atoms with Crippen LogP contribution >= 0.6 is 12.4 Å². The number of amides is 1. The molecule has 6 heteroatoms. The van der Waals surface area contributed by atoms with Gasteiger partial charge in [-0.25, -0.2) is 0 Å². The molecule has 0 aromatic rings. The number of nitrogens with zero attached hydrogens (tertiary/aromatic N) is 1. The van der Waals surface area contributed by atoms with Crippen LogP contribution in [-0.2, 0) is 9.53 Å². The highest BCUT2D eigenvalue weighted by Crippen LogP contribution is 2.02. The Bertz CT molecular complexity index is 192. The topological polar surface area (TPSA) is 67.6 Å². The molecule has 1 saturated heterocycles. The number of likely N-dealkylation sites (N-methyl/N-ethyl adjacent to an activating group) is 1. The molecule has 0 aromatic heterocycles. The highest BCUT2D eigenvalue weighted by Gasteiger charge is 2.20. The van der Waals surface area contributed by atoms with Crippen LogP contribution in [0.5, 0.6) is 0 Å². The number of rotatable bonds is 4. The average Bonchev–Trinajstić information content (AvgIpc) is 2.18. The van der Waals surface area contributed by atoms with Crippen LogP contribution in [0.25, 0.3) is 0 Å². The standard InChI is InChI=1S/C9H19N3O2.ClH/c1-2-11-9(13)7-12-3-4-14-8(5-10)6-12;/h8H,2-7,10H2,1H3,(H,11,13);1H. The third-order valence-electron chi connectivity index (χ3n) is 2.23. The second-order valence-corrected chi connectivity index (χ2v) is 3.42. The van der Waals surface area contributed by atoms with Gasteiger partial charge in [-0.1, -0.05) is 0 Å². The van der Waals surface area contributed by atoms with E-state index < -0.39 is 0 Å². The van der Waals surface area contributed by atoms with Gasteiger partial charge >= 0.3 is 0 Å². The van der Waals surface area contributed by atoms with Crippen molar-refractivity contribution in [3.05, 3.63) is 0 Å². The molecule has 5 nitrogen and oxygen atoms in total. The van der Waals surface area contributed by atoms with Crippen LogP contribution in [-0.4, -0.2) is 56.2 Å². The van der Waals surface area contributed by atoms with E-state index in [1.165, 1.54) is 0 Å². The van der Waals surface area contributed by atoms with Crippen molar-refractivity contribution in [2.45, 2.75) is 13.0 Å². The Balaban J connectivity index is 0.00000196. The summed E-state index contributed by atoms with van der Waals surface area (Å²) < 4.78 is 5.40. The molecule has 1 aliphatic heterocycles. The van der Waals surface area contributed by atoms with Crippen LogP contribution < -0.4 is 11.1 Å². The van der Waals surface area contributed by atoms with E-state index in [9.17, 15) is 4.79 Å². The third kappa shape index (κ3) is 5.32. The lowest BCUT2D eigenvalue weighted by Crippen LogP contribution is -2.48. The molecule has 0 spiro atoms. The van der Waals surface area contributed by atoms with E-state index in [1.807, 2.05) is 6.92 Å². The van der Waals surface area contributed by atoms with Gasteiger partial charge in [0.1, 0.15) is 0 Å². The van der Waals surface area contributed by atoms with Crippen molar-refractivity contribution in [1.29, 1.82) is 0 Å². The molecule has 1 rings (SSSR count). The van der Waals surface area contributed by atoms with Crippen LogP contribution in [0.1, 0.15) is 6.92 Å². The van der Waals surface area contributed by atoms with Gasteiger partial charge in [0.2, 0.25) is 5.91 Å². The molecule has 1 fully saturated rings. The monoisotopic (exact) mass is 237 g/mol. The number of hydrogen-bond acceptors (Lipinski definition) is 4. The first kappa shape index (κ1) is 14.6. The molecular weight excluding hydrogens is 218 g/mol. The molecule has 0 aliphatic carbocycles. The minimum atomic E-state index is 0. The quantitative estimate of drug-likeness (QED) is 0.672. The van der Waals surface area contributed by atoms with Crippen molar-refractivity contribution in [2.75, 3.05) is 39.3 Å². The van der Waals surface area contributed by atoms with E-state index in [0.29, 0.717) is 26.2 Å². The van der Waals surface area contributed by atoms with E-state index in [4.69, 9.17) is 10.5 Å². The van der Waals surface area contributed by atoms with Gasteiger partial charge in [-0.15, -0.1) is 12.4 Å². The predicted octanol–water partition coefficient (Wildman–Crippen LogP) is -0.796. The van der Waals surface area contributed by atoms with Gasteiger partial charge in [0, 0.05) is 26.2 Å². The molecular formula is C9H20ClN3O2. The number of nitrogens with one attached hydrogen (secondary N) is 1. The predicted molar refractivity (Wildman–Crippen MR) is 61.2 cm³/mol. The maximum atomic E-state index is 11.3. The molecule has 0 bridgehead atoms. The molecule has 0 radical (unpaired) electrons. The number of morpholine rings is 1. The van der Waals surface area contributed by atoms with E-state index >= 15 is 0 Å². The number of hydrogen-bond donors (Lipinski definition) is 2. The SMILES string of the molecule is CCNC(=O)CN1CCOC(CN)C1.Cl. The summed E-state index contributed by atoms with van der Waals surface area (Å²) in [7, 11) is 0. The first-order valence-corrected chi connectivity index (χ1v) is 5.07. The zero-order valence-corrected chi connectivity index (χ0v) is 9.89. The average molecular weight is 238 g/mol. The van der Waals surface area contributed by atoms with Gasteiger partial charge < -0.3 is 15.8 Å². The maximum Gasteiger partial charge on any atom is 0.234 e. The summed E-state index contributed by atoms with van der Waals surface area (Å²) in [4.78, 5) is 13.4. The van der Waals surface area contributed by atoms with Crippen LogP contribution in [0.2, 0.25) is 0 Å². The highest BCUT2D eigenvalue weighted by atomic mass is 35.5. The van der Waals surface area contributed by atoms with Crippen LogP contribution in [0, 0.1) is 0 Å². The highest BCUT2D eigenvalue weighted by molar-refractivity contribution is 5.85. The van der Waals surface area contributed by atoms with Crippen LogP contribution in [0.3, 0.4) is 0 Å². The first-order valence-electron chi connectivity index (χ1n) is 5.07.